The molecule has 0 radical (unpaired) electrons. The summed E-state index contributed by atoms with van der Waals surface area (Å²) in [5, 5.41) is 7.49. The van der Waals surface area contributed by atoms with Gasteiger partial charge < -0.3 is 15.8 Å². The number of ether oxygens (including phenoxy) is 1. The third-order valence-electron chi connectivity index (χ3n) is 3.46. The first kappa shape index (κ1) is 18.7. The Labute approximate surface area is 163 Å². The van der Waals surface area contributed by atoms with Gasteiger partial charge in [-0.2, -0.15) is 5.10 Å². The van der Waals surface area contributed by atoms with E-state index < -0.39 is 11.8 Å². The lowest BCUT2D eigenvalue weighted by Crippen LogP contribution is -2.22. The lowest BCUT2D eigenvalue weighted by molar-refractivity contribution is -0.118. The molecule has 138 valence electrons. The van der Waals surface area contributed by atoms with Gasteiger partial charge in [-0.25, -0.2) is 9.67 Å². The number of nitrogens with two attached hydrogens (primary N) is 1. The van der Waals surface area contributed by atoms with Crippen molar-refractivity contribution in [2.24, 2.45) is 5.73 Å². The molecule has 2 amide bonds. The van der Waals surface area contributed by atoms with Gasteiger partial charge in [0.25, 0.3) is 11.8 Å². The minimum atomic E-state index is -0.712. The number of hydrogen-bond acceptors (Lipinski definition) is 5. The zero-order chi connectivity index (χ0) is 19.4. The summed E-state index contributed by atoms with van der Waals surface area (Å²) in [5.74, 6) is -1.02. The maximum atomic E-state index is 12.3. The van der Waals surface area contributed by atoms with Crippen LogP contribution in [0.25, 0.3) is 5.69 Å². The second-order valence-corrected chi connectivity index (χ2v) is 6.22. The summed E-state index contributed by atoms with van der Waals surface area (Å²) in [6.45, 7) is -0.356. The van der Waals surface area contributed by atoms with Crippen molar-refractivity contribution in [1.29, 1.82) is 0 Å². The number of carbonyl (C=O) groups is 2. The molecule has 0 bridgehead atoms. The van der Waals surface area contributed by atoms with Crippen LogP contribution in [0, 0.1) is 0 Å². The summed E-state index contributed by atoms with van der Waals surface area (Å²) in [4.78, 5) is 27.7. The molecule has 10 heteroatoms. The fourth-order valence-corrected chi connectivity index (χ4v) is 2.64. The number of amides is 2. The summed E-state index contributed by atoms with van der Waals surface area (Å²) < 4.78 is 6.89. The number of rotatable bonds is 6. The van der Waals surface area contributed by atoms with E-state index in [1.54, 1.807) is 18.2 Å². The smallest absolute Gasteiger partial charge is 0.262 e. The Morgan fingerprint density at radius 3 is 2.59 bits per heavy atom. The Kier molecular flexibility index (Phi) is 5.58. The zero-order valence-corrected chi connectivity index (χ0v) is 15.2. The molecular weight excluding hydrogens is 393 g/mol. The highest BCUT2D eigenvalue weighted by atomic mass is 35.5. The van der Waals surface area contributed by atoms with Gasteiger partial charge in [0, 0.05) is 10.0 Å². The minimum Gasteiger partial charge on any atom is -0.483 e. The number of primary amides is 1. The molecule has 0 aliphatic carbocycles. The quantitative estimate of drug-likeness (QED) is 0.654. The molecule has 0 saturated heterocycles. The van der Waals surface area contributed by atoms with Crippen molar-refractivity contribution in [2.75, 3.05) is 11.9 Å². The van der Waals surface area contributed by atoms with Crippen LogP contribution in [-0.2, 0) is 4.79 Å². The van der Waals surface area contributed by atoms with Crippen LogP contribution in [0.15, 0.2) is 49.1 Å². The highest BCUT2D eigenvalue weighted by molar-refractivity contribution is 6.31. The number of carbonyl (C=O) groups excluding carboxylic acids is 2. The molecule has 0 fully saturated rings. The van der Waals surface area contributed by atoms with Crippen molar-refractivity contribution in [3.05, 3.63) is 64.7 Å². The monoisotopic (exact) mass is 405 g/mol. The summed E-state index contributed by atoms with van der Waals surface area (Å²) in [6, 6.07) is 9.30. The number of benzene rings is 2. The van der Waals surface area contributed by atoms with Crippen LogP contribution in [0.2, 0.25) is 10.0 Å². The number of anilines is 1. The second kappa shape index (κ2) is 8.07. The average Bonchev–Trinajstić information content (AvgIpc) is 3.15. The largest absolute Gasteiger partial charge is 0.483 e. The molecule has 8 nitrogen and oxygen atoms in total. The molecule has 0 saturated carbocycles. The van der Waals surface area contributed by atoms with Crippen molar-refractivity contribution >= 4 is 40.7 Å². The van der Waals surface area contributed by atoms with Gasteiger partial charge in [0.2, 0.25) is 0 Å². The van der Waals surface area contributed by atoms with Crippen LogP contribution in [0.3, 0.4) is 0 Å². The third kappa shape index (κ3) is 4.55. The Bertz CT molecular complexity index is 992. The number of aromatic nitrogens is 3. The number of nitrogens with zero attached hydrogens (tertiary/aromatic N) is 3. The van der Waals surface area contributed by atoms with Gasteiger partial charge in [-0.05, 0) is 36.4 Å². The predicted molar refractivity (Wildman–Crippen MR) is 100 cm³/mol. The highest BCUT2D eigenvalue weighted by Gasteiger charge is 2.14. The summed E-state index contributed by atoms with van der Waals surface area (Å²) in [7, 11) is 0. The molecule has 2 aromatic carbocycles. The van der Waals surface area contributed by atoms with Gasteiger partial charge in [-0.3, -0.25) is 9.59 Å². The molecule has 3 rings (SSSR count). The average molecular weight is 406 g/mol. The van der Waals surface area contributed by atoms with E-state index in [4.69, 9.17) is 33.7 Å². The first-order chi connectivity index (χ1) is 12.9. The molecule has 3 N–H and O–H groups in total. The van der Waals surface area contributed by atoms with Crippen LogP contribution in [0.1, 0.15) is 10.4 Å². The number of hydrogen-bond donors (Lipinski definition) is 2. The minimum absolute atomic E-state index is 0.0846. The van der Waals surface area contributed by atoms with Gasteiger partial charge in [-0.1, -0.05) is 23.2 Å². The standard InChI is InChI=1S/C17H13Cl2N5O3/c18-10-2-4-15(12(5-10)17(20)26)27-7-16(25)23-13-6-11(19)1-3-14(13)24-9-21-8-22-24/h1-6,8-9H,7H2,(H2,20,26)(H,23,25). The fourth-order valence-electron chi connectivity index (χ4n) is 2.29. The first-order valence-corrected chi connectivity index (χ1v) is 8.36. The highest BCUT2D eigenvalue weighted by Crippen LogP contribution is 2.25. The summed E-state index contributed by atoms with van der Waals surface area (Å²) >= 11 is 11.9. The maximum absolute atomic E-state index is 12.3. The number of nitrogens with one attached hydrogen (secondary N) is 1. The van der Waals surface area contributed by atoms with Gasteiger partial charge in [-0.15, -0.1) is 0 Å². The molecule has 3 aromatic rings. The van der Waals surface area contributed by atoms with Crippen molar-refractivity contribution in [1.82, 2.24) is 14.8 Å². The van der Waals surface area contributed by atoms with Crippen LogP contribution < -0.4 is 15.8 Å². The van der Waals surface area contributed by atoms with Crippen molar-refractivity contribution in [3.8, 4) is 11.4 Å². The van der Waals surface area contributed by atoms with Gasteiger partial charge in [0.15, 0.2) is 6.61 Å². The molecule has 0 spiro atoms. The van der Waals surface area contributed by atoms with E-state index >= 15 is 0 Å². The molecule has 0 atom stereocenters. The first-order valence-electron chi connectivity index (χ1n) is 7.60. The van der Waals surface area contributed by atoms with Crippen molar-refractivity contribution < 1.29 is 14.3 Å². The molecular formula is C17H13Cl2N5O3. The van der Waals surface area contributed by atoms with E-state index in [-0.39, 0.29) is 17.9 Å². The molecule has 0 aliphatic heterocycles. The maximum Gasteiger partial charge on any atom is 0.262 e. The lowest BCUT2D eigenvalue weighted by Gasteiger charge is -2.13. The third-order valence-corrected chi connectivity index (χ3v) is 3.93. The van der Waals surface area contributed by atoms with E-state index in [0.717, 1.165) is 0 Å². The van der Waals surface area contributed by atoms with Crippen LogP contribution >= 0.6 is 23.2 Å². The topological polar surface area (TPSA) is 112 Å². The normalized spacial score (nSPS) is 10.4. The fraction of sp³-hybridized carbons (Fsp3) is 0.0588. The summed E-state index contributed by atoms with van der Waals surface area (Å²) in [5.41, 5.74) is 6.38. The van der Waals surface area contributed by atoms with Crippen molar-refractivity contribution in [3.63, 3.8) is 0 Å². The van der Waals surface area contributed by atoms with Gasteiger partial charge in [0.1, 0.15) is 18.4 Å². The Balaban J connectivity index is 1.74. The van der Waals surface area contributed by atoms with Gasteiger partial charge >= 0.3 is 0 Å². The van der Waals surface area contributed by atoms with E-state index in [0.29, 0.717) is 21.4 Å². The van der Waals surface area contributed by atoms with Crippen molar-refractivity contribution in [2.45, 2.75) is 0 Å². The summed E-state index contributed by atoms with van der Waals surface area (Å²) in [6.07, 6.45) is 2.86. The molecule has 1 aromatic heterocycles. The van der Waals surface area contributed by atoms with Crippen LogP contribution in [-0.4, -0.2) is 33.2 Å². The number of halogens is 2. The Morgan fingerprint density at radius 1 is 1.15 bits per heavy atom. The molecule has 1 heterocycles. The van der Waals surface area contributed by atoms with E-state index in [2.05, 4.69) is 15.4 Å². The Morgan fingerprint density at radius 2 is 1.89 bits per heavy atom. The van der Waals surface area contributed by atoms with Crippen LogP contribution in [0.4, 0.5) is 5.69 Å². The Hall–Kier alpha value is -3.10. The molecule has 0 aliphatic rings. The van der Waals surface area contributed by atoms with E-state index in [1.165, 1.54) is 35.5 Å². The van der Waals surface area contributed by atoms with Gasteiger partial charge in [0.05, 0.1) is 16.9 Å². The predicted octanol–water partition coefficient (Wildman–Crippen LogP) is 2.69. The SMILES string of the molecule is NC(=O)c1cc(Cl)ccc1OCC(=O)Nc1cc(Cl)ccc1-n1cncn1. The van der Waals surface area contributed by atoms with Crippen LogP contribution in [0.5, 0.6) is 5.75 Å². The lowest BCUT2D eigenvalue weighted by atomic mass is 10.2. The zero-order valence-electron chi connectivity index (χ0n) is 13.7. The van der Waals surface area contributed by atoms with E-state index in [1.807, 2.05) is 0 Å². The molecule has 0 unspecified atom stereocenters. The van der Waals surface area contributed by atoms with E-state index in [9.17, 15) is 9.59 Å². The second-order valence-electron chi connectivity index (χ2n) is 5.34. The molecule has 27 heavy (non-hydrogen) atoms.